The van der Waals surface area contributed by atoms with Crippen molar-refractivity contribution in [2.45, 2.75) is 30.7 Å². The lowest BCUT2D eigenvalue weighted by molar-refractivity contribution is 0.296. The molecule has 1 aliphatic rings. The Bertz CT molecular complexity index is 566. The van der Waals surface area contributed by atoms with Crippen molar-refractivity contribution in [2.75, 3.05) is 27.2 Å². The van der Waals surface area contributed by atoms with Gasteiger partial charge < -0.3 is 10.1 Å². The molecule has 0 spiro atoms. The summed E-state index contributed by atoms with van der Waals surface area (Å²) in [5, 5.41) is 3.25. The highest BCUT2D eigenvalue weighted by Gasteiger charge is 2.30. The van der Waals surface area contributed by atoms with E-state index in [2.05, 4.69) is 5.32 Å². The van der Waals surface area contributed by atoms with Gasteiger partial charge in [-0.05, 0) is 56.6 Å². The number of hydrogen-bond donors (Lipinski definition) is 1. The molecule has 0 atom stereocenters. The van der Waals surface area contributed by atoms with Crippen LogP contribution in [0, 0.1) is 6.92 Å². The van der Waals surface area contributed by atoms with Gasteiger partial charge in [-0.3, -0.25) is 0 Å². The van der Waals surface area contributed by atoms with Gasteiger partial charge in [0.25, 0.3) is 0 Å². The molecule has 1 heterocycles. The molecule has 0 radical (unpaired) electrons. The van der Waals surface area contributed by atoms with E-state index in [4.69, 9.17) is 4.74 Å². The van der Waals surface area contributed by atoms with Gasteiger partial charge in [0.05, 0.1) is 12.0 Å². The normalized spacial score (nSPS) is 17.4. The average molecular weight is 298 g/mol. The first kappa shape index (κ1) is 15.3. The Balaban J connectivity index is 2.29. The Morgan fingerprint density at radius 3 is 2.50 bits per heavy atom. The van der Waals surface area contributed by atoms with E-state index in [1.54, 1.807) is 39.3 Å². The summed E-state index contributed by atoms with van der Waals surface area (Å²) in [4.78, 5) is 0.360. The van der Waals surface area contributed by atoms with E-state index in [-0.39, 0.29) is 6.04 Å². The van der Waals surface area contributed by atoms with Crippen LogP contribution in [0.15, 0.2) is 23.1 Å². The van der Waals surface area contributed by atoms with E-state index in [9.17, 15) is 8.42 Å². The van der Waals surface area contributed by atoms with Gasteiger partial charge in [0, 0.05) is 13.1 Å². The van der Waals surface area contributed by atoms with Gasteiger partial charge in [-0.15, -0.1) is 0 Å². The number of ether oxygens (including phenoxy) is 1. The summed E-state index contributed by atoms with van der Waals surface area (Å²) >= 11 is 0. The third kappa shape index (κ3) is 2.97. The molecule has 2 rings (SSSR count). The van der Waals surface area contributed by atoms with Crippen molar-refractivity contribution in [3.63, 3.8) is 0 Å². The van der Waals surface area contributed by atoms with Gasteiger partial charge >= 0.3 is 0 Å². The second-order valence-corrected chi connectivity index (χ2v) is 7.10. The molecule has 0 bridgehead atoms. The fourth-order valence-corrected chi connectivity index (χ4v) is 4.18. The molecule has 20 heavy (non-hydrogen) atoms. The zero-order valence-electron chi connectivity index (χ0n) is 12.2. The molecule has 1 N–H and O–H groups in total. The largest absolute Gasteiger partial charge is 0.497 e. The first-order chi connectivity index (χ1) is 9.46. The van der Waals surface area contributed by atoms with Crippen molar-refractivity contribution < 1.29 is 13.2 Å². The van der Waals surface area contributed by atoms with E-state index in [1.807, 2.05) is 0 Å². The topological polar surface area (TPSA) is 58.6 Å². The second-order valence-electron chi connectivity index (χ2n) is 5.13. The van der Waals surface area contributed by atoms with E-state index >= 15 is 0 Å². The van der Waals surface area contributed by atoms with Crippen LogP contribution in [0.4, 0.5) is 0 Å². The molecule has 0 amide bonds. The number of benzene rings is 1. The first-order valence-electron chi connectivity index (χ1n) is 6.80. The summed E-state index contributed by atoms with van der Waals surface area (Å²) in [5.74, 6) is 0.672. The summed E-state index contributed by atoms with van der Waals surface area (Å²) in [6, 6.07) is 5.14. The molecular formula is C14H22N2O3S. The SMILES string of the molecule is COc1ccc(S(=O)(=O)N(C)C2CCNCC2)c(C)c1. The van der Waals surface area contributed by atoms with Crippen LogP contribution in [0.1, 0.15) is 18.4 Å². The number of nitrogens with zero attached hydrogens (tertiary/aromatic N) is 1. The zero-order valence-corrected chi connectivity index (χ0v) is 13.0. The number of nitrogens with one attached hydrogen (secondary N) is 1. The highest BCUT2D eigenvalue weighted by molar-refractivity contribution is 7.89. The predicted molar refractivity (Wildman–Crippen MR) is 78.6 cm³/mol. The molecule has 1 saturated heterocycles. The Hall–Kier alpha value is -1.11. The van der Waals surface area contributed by atoms with Crippen LogP contribution in [-0.2, 0) is 10.0 Å². The van der Waals surface area contributed by atoms with Crippen LogP contribution >= 0.6 is 0 Å². The van der Waals surface area contributed by atoms with Crippen LogP contribution in [0.25, 0.3) is 0 Å². The van der Waals surface area contributed by atoms with Crippen molar-refractivity contribution in [1.82, 2.24) is 9.62 Å². The molecule has 1 aromatic rings. The lowest BCUT2D eigenvalue weighted by Gasteiger charge is -2.31. The Labute approximate surface area is 121 Å². The zero-order chi connectivity index (χ0) is 14.8. The van der Waals surface area contributed by atoms with Gasteiger partial charge in [-0.25, -0.2) is 8.42 Å². The van der Waals surface area contributed by atoms with Crippen molar-refractivity contribution in [2.24, 2.45) is 0 Å². The van der Waals surface area contributed by atoms with Crippen LogP contribution in [0.5, 0.6) is 5.75 Å². The van der Waals surface area contributed by atoms with Crippen LogP contribution < -0.4 is 10.1 Å². The minimum Gasteiger partial charge on any atom is -0.497 e. The smallest absolute Gasteiger partial charge is 0.243 e. The molecule has 112 valence electrons. The maximum atomic E-state index is 12.7. The molecule has 6 heteroatoms. The Morgan fingerprint density at radius 2 is 1.95 bits per heavy atom. The number of aryl methyl sites for hydroxylation is 1. The fraction of sp³-hybridized carbons (Fsp3) is 0.571. The standard InChI is InChI=1S/C14H22N2O3S/c1-11-10-13(19-3)4-5-14(11)20(17,18)16(2)12-6-8-15-9-7-12/h4-5,10,12,15H,6-9H2,1-3H3. The third-order valence-corrected chi connectivity index (χ3v) is 5.93. The van der Waals surface area contributed by atoms with Crippen molar-refractivity contribution in [3.05, 3.63) is 23.8 Å². The summed E-state index contributed by atoms with van der Waals surface area (Å²) in [5.41, 5.74) is 0.713. The summed E-state index contributed by atoms with van der Waals surface area (Å²) in [6.07, 6.45) is 1.70. The number of piperidine rings is 1. The second kappa shape index (κ2) is 6.11. The number of sulfonamides is 1. The first-order valence-corrected chi connectivity index (χ1v) is 8.24. The molecular weight excluding hydrogens is 276 g/mol. The van der Waals surface area contributed by atoms with Gasteiger partial charge in [0.2, 0.25) is 10.0 Å². The lowest BCUT2D eigenvalue weighted by atomic mass is 10.1. The van der Waals surface area contributed by atoms with Gasteiger partial charge in [-0.2, -0.15) is 4.31 Å². The summed E-state index contributed by atoms with van der Waals surface area (Å²) in [6.45, 7) is 3.53. The summed E-state index contributed by atoms with van der Waals surface area (Å²) < 4.78 is 32.1. The van der Waals surface area contributed by atoms with E-state index < -0.39 is 10.0 Å². The average Bonchev–Trinajstić information content (AvgIpc) is 2.46. The quantitative estimate of drug-likeness (QED) is 0.912. The molecule has 0 saturated carbocycles. The van der Waals surface area contributed by atoms with Crippen molar-refractivity contribution in [3.8, 4) is 5.75 Å². The van der Waals surface area contributed by atoms with Crippen LogP contribution in [-0.4, -0.2) is 46.0 Å². The van der Waals surface area contributed by atoms with E-state index in [0.29, 0.717) is 16.2 Å². The third-order valence-electron chi connectivity index (χ3n) is 3.86. The molecule has 1 aromatic carbocycles. The molecule has 0 unspecified atom stereocenters. The summed E-state index contributed by atoms with van der Waals surface area (Å²) in [7, 11) is -0.195. The molecule has 0 aliphatic carbocycles. The number of hydrogen-bond acceptors (Lipinski definition) is 4. The maximum absolute atomic E-state index is 12.7. The van der Waals surface area contributed by atoms with Gasteiger partial charge in [0.15, 0.2) is 0 Å². The predicted octanol–water partition coefficient (Wildman–Crippen LogP) is 1.38. The molecule has 0 aromatic heterocycles. The van der Waals surface area contributed by atoms with Gasteiger partial charge in [0.1, 0.15) is 5.75 Å². The molecule has 5 nitrogen and oxygen atoms in total. The minimum atomic E-state index is -3.44. The van der Waals surface area contributed by atoms with E-state index in [0.717, 1.165) is 25.9 Å². The van der Waals surface area contributed by atoms with Gasteiger partial charge in [-0.1, -0.05) is 0 Å². The fourth-order valence-electron chi connectivity index (χ4n) is 2.56. The van der Waals surface area contributed by atoms with Crippen LogP contribution in [0.3, 0.4) is 0 Å². The van der Waals surface area contributed by atoms with Crippen molar-refractivity contribution in [1.29, 1.82) is 0 Å². The van der Waals surface area contributed by atoms with Crippen LogP contribution in [0.2, 0.25) is 0 Å². The maximum Gasteiger partial charge on any atom is 0.243 e. The highest BCUT2D eigenvalue weighted by atomic mass is 32.2. The Morgan fingerprint density at radius 1 is 1.30 bits per heavy atom. The number of methoxy groups -OCH3 is 1. The lowest BCUT2D eigenvalue weighted by Crippen LogP contribution is -2.44. The van der Waals surface area contributed by atoms with E-state index in [1.165, 1.54) is 4.31 Å². The minimum absolute atomic E-state index is 0.0720. The monoisotopic (exact) mass is 298 g/mol. The van der Waals surface area contributed by atoms with Crippen molar-refractivity contribution >= 4 is 10.0 Å². The molecule has 1 fully saturated rings. The highest BCUT2D eigenvalue weighted by Crippen LogP contribution is 2.26. The molecule has 1 aliphatic heterocycles. The number of rotatable bonds is 4. The Kier molecular flexibility index (Phi) is 4.67.